The van der Waals surface area contributed by atoms with Gasteiger partial charge in [0.1, 0.15) is 5.75 Å². The number of carbonyl (C=O) groups is 2. The molecule has 0 amide bonds. The number of ketones is 2. The molecule has 0 aromatic heterocycles. The molecule has 1 fully saturated rings. The lowest BCUT2D eigenvalue weighted by atomic mass is 9.54. The van der Waals surface area contributed by atoms with E-state index in [1.165, 1.54) is 5.57 Å². The maximum absolute atomic E-state index is 13.7. The van der Waals surface area contributed by atoms with Crippen LogP contribution in [0.4, 0.5) is 0 Å². The normalized spacial score (nSPS) is 26.0. The Hall–Kier alpha value is -2.48. The summed E-state index contributed by atoms with van der Waals surface area (Å²) in [5, 5.41) is 20.9. The van der Waals surface area contributed by atoms with Crippen molar-refractivity contribution in [1.82, 2.24) is 0 Å². The summed E-state index contributed by atoms with van der Waals surface area (Å²) in [6.07, 6.45) is 4.70. The fraction of sp³-hybridized carbons (Fsp3) is 0.379. The van der Waals surface area contributed by atoms with Crippen LogP contribution in [0.15, 0.2) is 63.7 Å². The Morgan fingerprint density at radius 3 is 2.58 bits per heavy atom. The number of phenols is 1. The minimum Gasteiger partial charge on any atom is -0.507 e. The summed E-state index contributed by atoms with van der Waals surface area (Å²) in [6.45, 7) is 4.11. The highest BCUT2D eigenvalue weighted by molar-refractivity contribution is 9.10. The molecular weight excluding hydrogens is 519 g/mol. The minimum atomic E-state index is -0.973. The molecule has 0 bridgehead atoms. The zero-order chi connectivity index (χ0) is 25.6. The van der Waals surface area contributed by atoms with Gasteiger partial charge >= 0.3 is 7.12 Å². The first-order valence-electron chi connectivity index (χ1n) is 12.7. The van der Waals surface area contributed by atoms with Crippen LogP contribution in [0, 0.1) is 17.8 Å². The largest absolute Gasteiger partial charge is 0.507 e. The lowest BCUT2D eigenvalue weighted by molar-refractivity contribution is 0.0599. The number of benzene rings is 2. The second-order valence-corrected chi connectivity index (χ2v) is 11.1. The number of hydrogen-bond donors (Lipinski definition) is 2. The van der Waals surface area contributed by atoms with E-state index in [4.69, 9.17) is 4.65 Å². The van der Waals surface area contributed by atoms with Crippen molar-refractivity contribution in [2.45, 2.75) is 52.0 Å². The summed E-state index contributed by atoms with van der Waals surface area (Å²) in [7, 11) is -0.973. The SMILES string of the molecule is CCC1=C2[C@@H](CC/C(C)=C/c3cc(Br)ccc3O)OB(O)C[C@@H]2[C@@H]2C(=O)c3ccccc3C(=O)[C@@H]2C1. The molecule has 1 saturated heterocycles. The van der Waals surface area contributed by atoms with Crippen LogP contribution in [0.25, 0.3) is 6.08 Å². The van der Waals surface area contributed by atoms with Crippen molar-refractivity contribution in [2.24, 2.45) is 17.8 Å². The number of halogens is 1. The molecule has 5 nitrogen and oxygen atoms in total. The molecule has 7 heteroatoms. The van der Waals surface area contributed by atoms with E-state index in [1.807, 2.05) is 25.1 Å². The lowest BCUT2D eigenvalue weighted by Crippen LogP contribution is -2.50. The second kappa shape index (κ2) is 10.1. The molecule has 0 saturated carbocycles. The molecule has 3 aliphatic rings. The Labute approximate surface area is 220 Å². The van der Waals surface area contributed by atoms with Gasteiger partial charge in [0.15, 0.2) is 11.6 Å². The molecule has 1 heterocycles. The van der Waals surface area contributed by atoms with Gasteiger partial charge < -0.3 is 14.8 Å². The van der Waals surface area contributed by atoms with E-state index >= 15 is 0 Å². The predicted molar refractivity (Wildman–Crippen MR) is 144 cm³/mol. The maximum Gasteiger partial charge on any atom is 0.455 e. The third-order valence-corrected chi connectivity index (χ3v) is 8.47. The zero-order valence-corrected chi connectivity index (χ0v) is 22.1. The topological polar surface area (TPSA) is 83.8 Å². The van der Waals surface area contributed by atoms with Crippen molar-refractivity contribution >= 4 is 40.7 Å². The standard InChI is InChI=1S/C29H30BBrO5/c1-3-17-14-22-27(29(34)21-7-5-4-6-20(21)28(22)33)23-15-30(35)36-25(26(17)23)11-8-16(2)12-18-13-19(31)9-10-24(18)32/h4-7,9-10,12-13,22-23,25,27,32,35H,3,8,11,14-15H2,1-2H3/b16-12+/t22-,23+,25-,27-/m1/s1. The van der Waals surface area contributed by atoms with Crippen LogP contribution >= 0.6 is 15.9 Å². The molecule has 2 N–H and O–H groups in total. The molecule has 0 spiro atoms. The molecule has 2 aromatic carbocycles. The smallest absolute Gasteiger partial charge is 0.455 e. The molecule has 5 rings (SSSR count). The molecule has 4 atom stereocenters. The van der Waals surface area contributed by atoms with Crippen molar-refractivity contribution in [3.63, 3.8) is 0 Å². The van der Waals surface area contributed by atoms with Gasteiger partial charge in [0.2, 0.25) is 0 Å². The van der Waals surface area contributed by atoms with Crippen molar-refractivity contribution < 1.29 is 24.4 Å². The highest BCUT2D eigenvalue weighted by Gasteiger charge is 2.53. The van der Waals surface area contributed by atoms with Crippen molar-refractivity contribution in [2.75, 3.05) is 0 Å². The fourth-order valence-corrected chi connectivity index (χ4v) is 6.72. The molecular formula is C29H30BBrO5. The van der Waals surface area contributed by atoms with Crippen LogP contribution in [0.5, 0.6) is 5.75 Å². The Kier molecular flexibility index (Phi) is 7.08. The van der Waals surface area contributed by atoms with Gasteiger partial charge in [-0.3, -0.25) is 9.59 Å². The Bertz CT molecular complexity index is 1280. The summed E-state index contributed by atoms with van der Waals surface area (Å²) in [6, 6.07) is 12.5. The van der Waals surface area contributed by atoms with E-state index in [2.05, 4.69) is 22.9 Å². The van der Waals surface area contributed by atoms with Crippen LogP contribution < -0.4 is 0 Å². The maximum atomic E-state index is 13.7. The zero-order valence-electron chi connectivity index (χ0n) is 20.5. The Morgan fingerprint density at radius 2 is 1.86 bits per heavy atom. The van der Waals surface area contributed by atoms with E-state index in [0.717, 1.165) is 27.6 Å². The highest BCUT2D eigenvalue weighted by Crippen LogP contribution is 2.51. The first-order chi connectivity index (χ1) is 17.3. The van der Waals surface area contributed by atoms with Crippen LogP contribution in [-0.2, 0) is 4.65 Å². The van der Waals surface area contributed by atoms with Crippen LogP contribution in [0.3, 0.4) is 0 Å². The lowest BCUT2D eigenvalue weighted by Gasteiger charge is -2.47. The fourth-order valence-electron chi connectivity index (χ4n) is 6.34. The first kappa shape index (κ1) is 25.2. The average molecular weight is 549 g/mol. The highest BCUT2D eigenvalue weighted by atomic mass is 79.9. The number of fused-ring (bicyclic) bond motifs is 4. The first-order valence-corrected chi connectivity index (χ1v) is 13.5. The van der Waals surface area contributed by atoms with Crippen molar-refractivity contribution in [3.8, 4) is 5.75 Å². The molecule has 2 aromatic rings. The number of rotatable bonds is 5. The van der Waals surface area contributed by atoms with E-state index in [9.17, 15) is 19.7 Å². The quantitative estimate of drug-likeness (QED) is 0.340. The number of allylic oxidation sites excluding steroid dienone is 2. The van der Waals surface area contributed by atoms with Gasteiger partial charge in [-0.15, -0.1) is 0 Å². The molecule has 36 heavy (non-hydrogen) atoms. The Morgan fingerprint density at radius 1 is 1.14 bits per heavy atom. The van der Waals surface area contributed by atoms with Gasteiger partial charge in [-0.25, -0.2) is 0 Å². The summed E-state index contributed by atoms with van der Waals surface area (Å²) in [5.41, 5.74) is 5.15. The van der Waals surface area contributed by atoms with Gasteiger partial charge in [0, 0.05) is 33.0 Å². The van der Waals surface area contributed by atoms with E-state index in [1.54, 1.807) is 30.3 Å². The molecule has 0 radical (unpaired) electrons. The summed E-state index contributed by atoms with van der Waals surface area (Å²) in [4.78, 5) is 27.1. The number of phenolic OH excluding ortho intramolecular Hbond substituents is 1. The Balaban J connectivity index is 1.44. The molecule has 0 unspecified atom stereocenters. The number of Topliss-reactive ketones (excluding diaryl/α,β-unsaturated/α-hetero) is 2. The van der Waals surface area contributed by atoms with Crippen LogP contribution in [0.2, 0.25) is 6.32 Å². The van der Waals surface area contributed by atoms with Crippen LogP contribution in [0.1, 0.15) is 65.8 Å². The molecule has 2 aliphatic carbocycles. The van der Waals surface area contributed by atoms with Crippen molar-refractivity contribution in [1.29, 1.82) is 0 Å². The number of hydrogen-bond acceptors (Lipinski definition) is 5. The van der Waals surface area contributed by atoms with Gasteiger partial charge in [-0.2, -0.15) is 0 Å². The third kappa shape index (κ3) is 4.53. The van der Waals surface area contributed by atoms with E-state index < -0.39 is 13.0 Å². The summed E-state index contributed by atoms with van der Waals surface area (Å²) in [5.74, 6) is -0.739. The van der Waals surface area contributed by atoms with Gasteiger partial charge in [-0.1, -0.05) is 64.3 Å². The minimum absolute atomic E-state index is 0.0157. The van der Waals surface area contributed by atoms with Crippen LogP contribution in [-0.4, -0.2) is 34.9 Å². The monoisotopic (exact) mass is 548 g/mol. The van der Waals surface area contributed by atoms with Crippen molar-refractivity contribution in [3.05, 3.63) is 80.3 Å². The van der Waals surface area contributed by atoms with E-state index in [-0.39, 0.29) is 35.3 Å². The summed E-state index contributed by atoms with van der Waals surface area (Å²) >= 11 is 3.45. The van der Waals surface area contributed by atoms with Gasteiger partial charge in [0.05, 0.1) is 6.10 Å². The van der Waals surface area contributed by atoms with Gasteiger partial charge in [0.25, 0.3) is 0 Å². The number of aromatic hydroxyl groups is 1. The van der Waals surface area contributed by atoms with Gasteiger partial charge in [-0.05, 0) is 68.6 Å². The predicted octanol–water partition coefficient (Wildman–Crippen LogP) is 6.26. The van der Waals surface area contributed by atoms with E-state index in [0.29, 0.717) is 36.7 Å². The molecule has 1 aliphatic heterocycles. The average Bonchev–Trinajstić information content (AvgIpc) is 2.87. The third-order valence-electron chi connectivity index (χ3n) is 7.98. The molecule has 186 valence electrons. The second-order valence-electron chi connectivity index (χ2n) is 10.2. The number of carbonyl (C=O) groups excluding carboxylic acids is 2. The summed E-state index contributed by atoms with van der Waals surface area (Å²) < 4.78 is 6.95.